The van der Waals surface area contributed by atoms with E-state index in [1.54, 1.807) is 24.3 Å². The van der Waals surface area contributed by atoms with Gasteiger partial charge < -0.3 is 10.6 Å². The minimum atomic E-state index is -2.45. The van der Waals surface area contributed by atoms with E-state index in [1.165, 1.54) is 16.3 Å². The highest BCUT2D eigenvalue weighted by Gasteiger charge is 2.14. The maximum absolute atomic E-state index is 12.3. The van der Waals surface area contributed by atoms with Crippen molar-refractivity contribution in [2.75, 3.05) is 11.9 Å². The van der Waals surface area contributed by atoms with Crippen molar-refractivity contribution in [1.82, 2.24) is 0 Å². The number of nitrogens with two attached hydrogens (primary N) is 1. The molecule has 3 rings (SSSR count). The molecule has 1 atom stereocenters. The first-order valence-electron chi connectivity index (χ1n) is 8.68. The Balaban J connectivity index is 1.57. The van der Waals surface area contributed by atoms with Crippen LogP contribution >= 0.6 is 11.8 Å². The van der Waals surface area contributed by atoms with Gasteiger partial charge >= 0.3 is 0 Å². The van der Waals surface area contributed by atoms with Gasteiger partial charge in [0.25, 0.3) is 11.7 Å². The Bertz CT molecular complexity index is 910. The predicted octanol–water partition coefficient (Wildman–Crippen LogP) is 4.42. The van der Waals surface area contributed by atoms with Crippen molar-refractivity contribution in [3.05, 3.63) is 72.3 Å². The number of alkyl halides is 2. The topological polar surface area (TPSA) is 45.7 Å². The molecule has 0 saturated heterocycles. The van der Waals surface area contributed by atoms with E-state index in [0.717, 1.165) is 0 Å². The lowest BCUT2D eigenvalue weighted by Crippen LogP contribution is -2.86. The second-order valence-corrected chi connectivity index (χ2v) is 7.31. The number of benzene rings is 3. The number of amides is 1. The molecular weight excluding hydrogens is 366 g/mol. The molecule has 140 valence electrons. The van der Waals surface area contributed by atoms with Crippen molar-refractivity contribution in [2.45, 2.75) is 23.6 Å². The molecule has 3 N–H and O–H groups in total. The number of fused-ring (bicyclic) bond motifs is 1. The second-order valence-electron chi connectivity index (χ2n) is 6.25. The van der Waals surface area contributed by atoms with E-state index in [2.05, 4.69) is 36.5 Å². The van der Waals surface area contributed by atoms with Crippen LogP contribution in [0.5, 0.6) is 0 Å². The smallest absolute Gasteiger partial charge is 0.288 e. The zero-order valence-electron chi connectivity index (χ0n) is 14.9. The van der Waals surface area contributed by atoms with Crippen LogP contribution in [-0.4, -0.2) is 18.2 Å². The molecule has 1 amide bonds. The fraction of sp³-hybridized carbons (Fsp3) is 0.190. The molecule has 0 aliphatic heterocycles. The number of carbonyl (C=O) groups excluding carboxylic acids is 1. The Hall–Kier alpha value is -2.44. The van der Waals surface area contributed by atoms with Crippen LogP contribution in [0.1, 0.15) is 18.5 Å². The summed E-state index contributed by atoms with van der Waals surface area (Å²) in [6, 6.07) is 20.9. The predicted molar refractivity (Wildman–Crippen MR) is 106 cm³/mol. The van der Waals surface area contributed by atoms with Gasteiger partial charge in [-0.25, -0.2) is 0 Å². The molecular formula is C21H21F2N2OS+. The van der Waals surface area contributed by atoms with Gasteiger partial charge in [-0.3, -0.25) is 4.79 Å². The molecule has 0 bridgehead atoms. The summed E-state index contributed by atoms with van der Waals surface area (Å²) in [6.45, 7) is 2.35. The SMILES string of the molecule is C[C@@H]([NH2+]CC(=O)Nc1ccc(SC(F)F)cc1)c1cccc2ccccc12. The molecule has 27 heavy (non-hydrogen) atoms. The van der Waals surface area contributed by atoms with Crippen LogP contribution < -0.4 is 10.6 Å². The largest absolute Gasteiger partial charge is 0.332 e. The summed E-state index contributed by atoms with van der Waals surface area (Å²) in [5.74, 6) is -2.58. The number of hydrogen-bond donors (Lipinski definition) is 2. The van der Waals surface area contributed by atoms with Crippen LogP contribution in [0, 0.1) is 0 Å². The number of carbonyl (C=O) groups is 1. The fourth-order valence-corrected chi connectivity index (χ4v) is 3.49. The van der Waals surface area contributed by atoms with Crippen molar-refractivity contribution in [1.29, 1.82) is 0 Å². The third-order valence-corrected chi connectivity index (χ3v) is 5.06. The third kappa shape index (κ3) is 5.28. The average molecular weight is 387 g/mol. The minimum absolute atomic E-state index is 0.128. The molecule has 0 radical (unpaired) electrons. The van der Waals surface area contributed by atoms with Gasteiger partial charge in [-0.1, -0.05) is 54.2 Å². The van der Waals surface area contributed by atoms with Crippen molar-refractivity contribution in [2.24, 2.45) is 0 Å². The van der Waals surface area contributed by atoms with E-state index < -0.39 is 5.76 Å². The number of quaternary nitrogens is 1. The van der Waals surface area contributed by atoms with E-state index in [1.807, 2.05) is 23.5 Å². The molecule has 0 aromatic heterocycles. The zero-order chi connectivity index (χ0) is 19.2. The highest BCUT2D eigenvalue weighted by atomic mass is 32.2. The van der Waals surface area contributed by atoms with Crippen molar-refractivity contribution >= 4 is 34.1 Å². The van der Waals surface area contributed by atoms with Crippen LogP contribution in [0.25, 0.3) is 10.8 Å². The van der Waals surface area contributed by atoms with Gasteiger partial charge in [-0.2, -0.15) is 8.78 Å². The summed E-state index contributed by atoms with van der Waals surface area (Å²) in [4.78, 5) is 12.7. The van der Waals surface area contributed by atoms with Gasteiger partial charge in [0.1, 0.15) is 6.04 Å². The molecule has 3 aromatic carbocycles. The van der Waals surface area contributed by atoms with Crippen molar-refractivity contribution in [3.8, 4) is 0 Å². The summed E-state index contributed by atoms with van der Waals surface area (Å²) < 4.78 is 24.7. The Morgan fingerprint density at radius 3 is 2.48 bits per heavy atom. The molecule has 0 aliphatic rings. The monoisotopic (exact) mass is 387 g/mol. The van der Waals surface area contributed by atoms with E-state index >= 15 is 0 Å². The Morgan fingerprint density at radius 2 is 1.74 bits per heavy atom. The van der Waals surface area contributed by atoms with E-state index in [-0.39, 0.29) is 18.5 Å². The summed E-state index contributed by atoms with van der Waals surface area (Å²) in [6.07, 6.45) is 0. The lowest BCUT2D eigenvalue weighted by molar-refractivity contribution is -0.682. The number of halogens is 2. The molecule has 0 aliphatic carbocycles. The molecule has 3 aromatic rings. The van der Waals surface area contributed by atoms with Gasteiger partial charge in [-0.05, 0) is 42.0 Å². The van der Waals surface area contributed by atoms with Crippen LogP contribution in [0.3, 0.4) is 0 Å². The highest BCUT2D eigenvalue weighted by Crippen LogP contribution is 2.26. The average Bonchev–Trinajstić information content (AvgIpc) is 2.67. The third-order valence-electron chi connectivity index (χ3n) is 4.33. The summed E-state index contributed by atoms with van der Waals surface area (Å²) in [5, 5.41) is 7.16. The van der Waals surface area contributed by atoms with Gasteiger partial charge in [0, 0.05) is 16.1 Å². The number of hydrogen-bond acceptors (Lipinski definition) is 2. The number of anilines is 1. The minimum Gasteiger partial charge on any atom is -0.332 e. The molecule has 0 unspecified atom stereocenters. The summed E-state index contributed by atoms with van der Waals surface area (Å²) >= 11 is 0.486. The summed E-state index contributed by atoms with van der Waals surface area (Å²) in [7, 11) is 0. The first-order chi connectivity index (χ1) is 13.0. The first-order valence-corrected chi connectivity index (χ1v) is 9.56. The zero-order valence-corrected chi connectivity index (χ0v) is 15.7. The molecule has 6 heteroatoms. The molecule has 0 fully saturated rings. The van der Waals surface area contributed by atoms with E-state index in [9.17, 15) is 13.6 Å². The van der Waals surface area contributed by atoms with Crippen LogP contribution in [0.15, 0.2) is 71.6 Å². The van der Waals surface area contributed by atoms with Gasteiger partial charge in [-0.15, -0.1) is 0 Å². The first kappa shape index (κ1) is 19.3. The second kappa shape index (κ2) is 8.97. The lowest BCUT2D eigenvalue weighted by Gasteiger charge is -2.14. The maximum Gasteiger partial charge on any atom is 0.288 e. The Kier molecular flexibility index (Phi) is 6.42. The molecule has 3 nitrogen and oxygen atoms in total. The number of nitrogens with one attached hydrogen (secondary N) is 1. The Morgan fingerprint density at radius 1 is 1.04 bits per heavy atom. The maximum atomic E-state index is 12.3. The molecule has 0 spiro atoms. The van der Waals surface area contributed by atoms with E-state index in [0.29, 0.717) is 22.3 Å². The van der Waals surface area contributed by atoms with Crippen molar-refractivity contribution in [3.63, 3.8) is 0 Å². The number of thioether (sulfide) groups is 1. The quantitative estimate of drug-likeness (QED) is 0.590. The summed E-state index contributed by atoms with van der Waals surface area (Å²) in [5.41, 5.74) is 1.79. The number of rotatable bonds is 7. The van der Waals surface area contributed by atoms with Gasteiger partial charge in [0.2, 0.25) is 0 Å². The van der Waals surface area contributed by atoms with Gasteiger partial charge in [0.15, 0.2) is 6.54 Å². The van der Waals surface area contributed by atoms with E-state index in [4.69, 9.17) is 0 Å². The van der Waals surface area contributed by atoms with Crippen LogP contribution in [0.4, 0.5) is 14.5 Å². The lowest BCUT2D eigenvalue weighted by atomic mass is 10.00. The van der Waals surface area contributed by atoms with Crippen LogP contribution in [-0.2, 0) is 4.79 Å². The fourth-order valence-electron chi connectivity index (χ4n) is 2.99. The highest BCUT2D eigenvalue weighted by molar-refractivity contribution is 7.99. The van der Waals surface area contributed by atoms with Gasteiger partial charge in [0.05, 0.1) is 0 Å². The Labute approximate surface area is 161 Å². The van der Waals surface area contributed by atoms with Crippen LogP contribution in [0.2, 0.25) is 0 Å². The molecule has 0 saturated carbocycles. The normalized spacial score (nSPS) is 12.3. The molecule has 0 heterocycles. The standard InChI is InChI=1S/C21H20F2N2OS/c1-14(18-8-4-6-15-5-2-3-7-19(15)18)24-13-20(26)25-16-9-11-17(12-10-16)27-21(22)23/h2-12,14,21,24H,13H2,1H3,(H,25,26)/p+1/t14-/m1/s1. The van der Waals surface area contributed by atoms with Crippen molar-refractivity contribution < 1.29 is 18.9 Å².